The van der Waals surface area contributed by atoms with Gasteiger partial charge in [-0.05, 0) is 25.0 Å². The Bertz CT molecular complexity index is 595. The molecule has 5 nitrogen and oxygen atoms in total. The quantitative estimate of drug-likeness (QED) is 0.803. The third kappa shape index (κ3) is 3.10. The molecule has 1 atom stereocenters. The van der Waals surface area contributed by atoms with Crippen molar-refractivity contribution in [2.45, 2.75) is 30.5 Å². The molecule has 1 heterocycles. The number of sulfonamides is 1. The summed E-state index contributed by atoms with van der Waals surface area (Å²) in [7, 11) is -3.76. The Morgan fingerprint density at radius 3 is 2.67 bits per heavy atom. The lowest BCUT2D eigenvalue weighted by Gasteiger charge is -2.09. The zero-order valence-corrected chi connectivity index (χ0v) is 11.6. The van der Waals surface area contributed by atoms with Crippen molar-refractivity contribution in [3.63, 3.8) is 0 Å². The molecule has 0 aliphatic rings. The monoisotopic (exact) mass is 287 g/mol. The average Bonchev–Trinajstić information content (AvgIpc) is 2.69. The van der Waals surface area contributed by atoms with Crippen LogP contribution in [0.5, 0.6) is 0 Å². The Labute approximate surface area is 110 Å². The second kappa shape index (κ2) is 5.52. The maximum absolute atomic E-state index is 12.0. The van der Waals surface area contributed by atoms with Gasteiger partial charge in [-0.25, -0.2) is 13.2 Å². The minimum Gasteiger partial charge on any atom is -0.477 e. The molecule has 0 aliphatic heterocycles. The summed E-state index contributed by atoms with van der Waals surface area (Å²) in [5.41, 5.74) is 0.418. The second-order valence-electron chi connectivity index (χ2n) is 3.63. The van der Waals surface area contributed by atoms with Crippen molar-refractivity contribution >= 4 is 27.3 Å². The second-order valence-corrected chi connectivity index (χ2v) is 6.62. The van der Waals surface area contributed by atoms with Crippen molar-refractivity contribution in [3.8, 4) is 12.3 Å². The molecule has 1 rings (SSSR count). The Morgan fingerprint density at radius 2 is 2.28 bits per heavy atom. The van der Waals surface area contributed by atoms with Crippen LogP contribution in [0.25, 0.3) is 0 Å². The topological polar surface area (TPSA) is 83.5 Å². The smallest absolute Gasteiger partial charge is 0.346 e. The zero-order valence-electron chi connectivity index (χ0n) is 9.93. The van der Waals surface area contributed by atoms with Crippen molar-refractivity contribution in [3.05, 3.63) is 16.5 Å². The van der Waals surface area contributed by atoms with Crippen LogP contribution in [0.15, 0.2) is 10.3 Å². The molecular formula is C11H13NO4S2. The molecule has 18 heavy (non-hydrogen) atoms. The van der Waals surface area contributed by atoms with Crippen LogP contribution >= 0.6 is 11.3 Å². The Morgan fingerprint density at radius 1 is 1.67 bits per heavy atom. The van der Waals surface area contributed by atoms with Gasteiger partial charge in [0.2, 0.25) is 0 Å². The van der Waals surface area contributed by atoms with E-state index in [-0.39, 0.29) is 9.09 Å². The number of hydrogen-bond acceptors (Lipinski definition) is 4. The molecule has 1 unspecified atom stereocenters. The van der Waals surface area contributed by atoms with E-state index >= 15 is 0 Å². The Hall–Kier alpha value is -1.36. The van der Waals surface area contributed by atoms with Crippen LogP contribution in [0.1, 0.15) is 28.6 Å². The maximum atomic E-state index is 12.0. The Kier molecular flexibility index (Phi) is 4.51. The highest BCUT2D eigenvalue weighted by Gasteiger charge is 2.23. The van der Waals surface area contributed by atoms with E-state index in [9.17, 15) is 13.2 Å². The number of aromatic carboxylic acids is 1. The molecule has 2 N–H and O–H groups in total. The molecule has 0 radical (unpaired) electrons. The lowest BCUT2D eigenvalue weighted by molar-refractivity contribution is 0.0701. The largest absolute Gasteiger partial charge is 0.477 e. The van der Waals surface area contributed by atoms with Gasteiger partial charge < -0.3 is 5.11 Å². The maximum Gasteiger partial charge on any atom is 0.346 e. The van der Waals surface area contributed by atoms with E-state index in [4.69, 9.17) is 11.5 Å². The number of carbonyl (C=O) groups is 1. The number of terminal acetylenes is 1. The minimum absolute atomic E-state index is 0.0177. The van der Waals surface area contributed by atoms with E-state index in [1.165, 1.54) is 6.07 Å². The van der Waals surface area contributed by atoms with Crippen molar-refractivity contribution in [1.82, 2.24) is 4.72 Å². The summed E-state index contributed by atoms with van der Waals surface area (Å²) in [5.74, 6) is 1.18. The molecule has 98 valence electrons. The lowest BCUT2D eigenvalue weighted by Crippen LogP contribution is -2.32. The highest BCUT2D eigenvalue weighted by atomic mass is 32.2. The van der Waals surface area contributed by atoms with Gasteiger partial charge in [0.05, 0.1) is 6.04 Å². The van der Waals surface area contributed by atoms with E-state index in [0.717, 1.165) is 11.3 Å². The number of nitrogens with one attached hydrogen (secondary N) is 1. The number of thiophene rings is 1. The van der Waals surface area contributed by atoms with Gasteiger partial charge in [0.1, 0.15) is 9.09 Å². The van der Waals surface area contributed by atoms with Crippen LogP contribution in [0.3, 0.4) is 0 Å². The minimum atomic E-state index is -3.76. The lowest BCUT2D eigenvalue weighted by atomic mass is 10.3. The van der Waals surface area contributed by atoms with Gasteiger partial charge in [-0.1, -0.05) is 12.8 Å². The molecule has 7 heteroatoms. The van der Waals surface area contributed by atoms with Gasteiger partial charge in [-0.15, -0.1) is 17.8 Å². The fourth-order valence-corrected chi connectivity index (χ4v) is 3.91. The van der Waals surface area contributed by atoms with Crippen LogP contribution < -0.4 is 4.72 Å². The summed E-state index contributed by atoms with van der Waals surface area (Å²) in [4.78, 5) is 10.9. The van der Waals surface area contributed by atoms with Crippen LogP contribution in [-0.4, -0.2) is 25.5 Å². The van der Waals surface area contributed by atoms with Crippen molar-refractivity contribution < 1.29 is 18.3 Å². The number of aryl methyl sites for hydroxylation is 1. The first-order valence-corrected chi connectivity index (χ1v) is 7.44. The van der Waals surface area contributed by atoms with E-state index in [1.54, 1.807) is 13.8 Å². The van der Waals surface area contributed by atoms with Crippen molar-refractivity contribution in [2.24, 2.45) is 0 Å². The normalized spacial score (nSPS) is 12.9. The molecule has 1 aromatic rings. The molecule has 0 amide bonds. The molecule has 0 aliphatic carbocycles. The predicted molar refractivity (Wildman–Crippen MR) is 69.2 cm³/mol. The number of rotatable bonds is 5. The standard InChI is InChI=1S/C11H13NO4S2/c1-4-8(5-2)12-18(15,16)9-6-7(3)10(17-9)11(13)14/h1,6,8,12H,5H2,2-3H3,(H,13,14). The van der Waals surface area contributed by atoms with Gasteiger partial charge in [-0.3, -0.25) is 0 Å². The van der Waals surface area contributed by atoms with Crippen LogP contribution in [0.4, 0.5) is 0 Å². The molecule has 0 fully saturated rings. The predicted octanol–water partition coefficient (Wildman–Crippen LogP) is 1.44. The van der Waals surface area contributed by atoms with E-state index in [0.29, 0.717) is 12.0 Å². The summed E-state index contributed by atoms with van der Waals surface area (Å²) in [6, 6.07) is 0.741. The van der Waals surface area contributed by atoms with E-state index < -0.39 is 22.0 Å². The van der Waals surface area contributed by atoms with Crippen LogP contribution in [-0.2, 0) is 10.0 Å². The summed E-state index contributed by atoms with van der Waals surface area (Å²) in [5, 5.41) is 8.88. The fraction of sp³-hybridized carbons (Fsp3) is 0.364. The highest BCUT2D eigenvalue weighted by molar-refractivity contribution is 7.91. The Balaban J connectivity index is 3.11. The van der Waals surface area contributed by atoms with Gasteiger partial charge in [0, 0.05) is 0 Å². The molecule has 0 saturated carbocycles. The first-order valence-electron chi connectivity index (χ1n) is 5.14. The SMILES string of the molecule is C#CC(CC)NS(=O)(=O)c1cc(C)c(C(=O)O)s1. The number of hydrogen-bond donors (Lipinski definition) is 2. The van der Waals surface area contributed by atoms with Gasteiger partial charge in [0.15, 0.2) is 0 Å². The molecule has 0 saturated heterocycles. The van der Waals surface area contributed by atoms with Crippen LogP contribution in [0, 0.1) is 19.3 Å². The zero-order chi connectivity index (χ0) is 13.9. The summed E-state index contributed by atoms with van der Waals surface area (Å²) < 4.78 is 26.2. The van der Waals surface area contributed by atoms with Gasteiger partial charge in [0.25, 0.3) is 10.0 Å². The van der Waals surface area contributed by atoms with Crippen molar-refractivity contribution in [1.29, 1.82) is 0 Å². The summed E-state index contributed by atoms with van der Waals surface area (Å²) in [6.07, 6.45) is 5.65. The molecule has 1 aromatic heterocycles. The van der Waals surface area contributed by atoms with Crippen LogP contribution in [0.2, 0.25) is 0 Å². The highest BCUT2D eigenvalue weighted by Crippen LogP contribution is 2.26. The van der Waals surface area contributed by atoms with Gasteiger partial charge in [-0.2, -0.15) is 4.72 Å². The van der Waals surface area contributed by atoms with E-state index in [1.807, 2.05) is 0 Å². The molecular weight excluding hydrogens is 274 g/mol. The van der Waals surface area contributed by atoms with E-state index in [2.05, 4.69) is 10.6 Å². The summed E-state index contributed by atoms with van der Waals surface area (Å²) in [6.45, 7) is 3.31. The average molecular weight is 287 g/mol. The first-order chi connectivity index (χ1) is 8.31. The third-order valence-corrected chi connectivity index (χ3v) is 5.43. The van der Waals surface area contributed by atoms with Gasteiger partial charge >= 0.3 is 5.97 Å². The molecule has 0 aromatic carbocycles. The molecule has 0 spiro atoms. The first kappa shape index (κ1) is 14.7. The number of carboxylic acids is 1. The summed E-state index contributed by atoms with van der Waals surface area (Å²) >= 11 is 0.719. The van der Waals surface area contributed by atoms with Crippen molar-refractivity contribution in [2.75, 3.05) is 0 Å². The fourth-order valence-electron chi connectivity index (χ4n) is 1.28. The number of carboxylic acid groups (broad SMARTS) is 1. The third-order valence-electron chi connectivity index (χ3n) is 2.26. The molecule has 0 bridgehead atoms.